The zero-order valence-corrected chi connectivity index (χ0v) is 16.4. The first kappa shape index (κ1) is 21.1. The average molecular weight is 422 g/mol. The minimum atomic E-state index is -0.512. The Hall–Kier alpha value is -0.980. The summed E-state index contributed by atoms with van der Waals surface area (Å²) in [6, 6.07) is 4.55. The van der Waals surface area contributed by atoms with Gasteiger partial charge >= 0.3 is 0 Å². The number of hydrogen-bond donors (Lipinski definition) is 2. The van der Waals surface area contributed by atoms with Crippen LogP contribution < -0.4 is 20.5 Å². The lowest BCUT2D eigenvalue weighted by Crippen LogP contribution is -2.30. The highest BCUT2D eigenvalue weighted by Crippen LogP contribution is 2.37. The molecule has 0 aromatic heterocycles. The SMILES string of the molecule is CCOc1cc(CNC2CCCCC2)cc(Br)c1OCC(N)=O.Cl. The maximum Gasteiger partial charge on any atom is 0.255 e. The van der Waals surface area contributed by atoms with Gasteiger partial charge in [-0.15, -0.1) is 12.4 Å². The van der Waals surface area contributed by atoms with Crippen molar-refractivity contribution >= 4 is 34.2 Å². The molecule has 7 heteroatoms. The van der Waals surface area contributed by atoms with E-state index in [1.807, 2.05) is 19.1 Å². The Kier molecular flexibility index (Phi) is 9.48. The first-order valence-corrected chi connectivity index (χ1v) is 8.99. The quantitative estimate of drug-likeness (QED) is 0.673. The summed E-state index contributed by atoms with van der Waals surface area (Å²) in [6.45, 7) is 3.06. The van der Waals surface area contributed by atoms with E-state index in [0.29, 0.717) is 24.1 Å². The Balaban J connectivity index is 0.00000288. The molecular weight excluding hydrogens is 396 g/mol. The van der Waals surface area contributed by atoms with Crippen LogP contribution in [-0.2, 0) is 11.3 Å². The highest BCUT2D eigenvalue weighted by atomic mass is 79.9. The molecule has 1 aromatic carbocycles. The molecule has 0 saturated heterocycles. The Bertz CT molecular complexity index is 537. The maximum atomic E-state index is 10.9. The number of nitrogens with two attached hydrogens (primary N) is 1. The van der Waals surface area contributed by atoms with E-state index in [1.165, 1.54) is 32.1 Å². The van der Waals surface area contributed by atoms with Crippen LogP contribution in [0, 0.1) is 0 Å². The topological polar surface area (TPSA) is 73.6 Å². The molecule has 3 N–H and O–H groups in total. The van der Waals surface area contributed by atoms with Gasteiger partial charge in [0.15, 0.2) is 18.1 Å². The standard InChI is InChI=1S/C17H25BrN2O3.ClH/c1-2-22-15-9-12(10-20-13-6-4-3-5-7-13)8-14(18)17(15)23-11-16(19)21;/h8-9,13,20H,2-7,10-11H2,1H3,(H2,19,21);1H. The number of ether oxygens (including phenoxy) is 2. The predicted molar refractivity (Wildman–Crippen MR) is 101 cm³/mol. The highest BCUT2D eigenvalue weighted by Gasteiger charge is 2.16. The second-order valence-electron chi connectivity index (χ2n) is 5.81. The lowest BCUT2D eigenvalue weighted by Gasteiger charge is -2.23. The molecule has 1 aliphatic carbocycles. The van der Waals surface area contributed by atoms with Crippen LogP contribution in [0.1, 0.15) is 44.6 Å². The Morgan fingerprint density at radius 1 is 1.29 bits per heavy atom. The predicted octanol–water partition coefficient (Wildman–Crippen LogP) is 3.56. The van der Waals surface area contributed by atoms with Gasteiger partial charge in [0.25, 0.3) is 5.91 Å². The van der Waals surface area contributed by atoms with Gasteiger partial charge in [-0.25, -0.2) is 0 Å². The van der Waals surface area contributed by atoms with Crippen LogP contribution in [0.15, 0.2) is 16.6 Å². The number of carbonyl (C=O) groups excluding carboxylic acids is 1. The first-order valence-electron chi connectivity index (χ1n) is 8.20. The summed E-state index contributed by atoms with van der Waals surface area (Å²) in [4.78, 5) is 10.9. The molecule has 5 nitrogen and oxygen atoms in total. The van der Waals surface area contributed by atoms with Crippen molar-refractivity contribution in [1.29, 1.82) is 0 Å². The summed E-state index contributed by atoms with van der Waals surface area (Å²) >= 11 is 3.50. The molecule has 1 aromatic rings. The fourth-order valence-corrected chi connectivity index (χ4v) is 3.44. The van der Waals surface area contributed by atoms with Gasteiger partial charge in [-0.3, -0.25) is 4.79 Å². The molecule has 0 bridgehead atoms. The molecule has 0 aliphatic heterocycles. The molecular formula is C17H26BrClN2O3. The van der Waals surface area contributed by atoms with Gasteiger partial charge in [0.1, 0.15) is 0 Å². The van der Waals surface area contributed by atoms with Crippen molar-refractivity contribution in [2.75, 3.05) is 13.2 Å². The summed E-state index contributed by atoms with van der Waals surface area (Å²) < 4.78 is 11.9. The molecule has 136 valence electrons. The maximum absolute atomic E-state index is 10.9. The van der Waals surface area contributed by atoms with Crippen molar-refractivity contribution in [2.24, 2.45) is 5.73 Å². The number of amides is 1. The number of halogens is 2. The van der Waals surface area contributed by atoms with E-state index in [4.69, 9.17) is 15.2 Å². The van der Waals surface area contributed by atoms with Crippen molar-refractivity contribution in [3.8, 4) is 11.5 Å². The van der Waals surface area contributed by atoms with Gasteiger partial charge in [-0.05, 0) is 53.4 Å². The van der Waals surface area contributed by atoms with Crippen molar-refractivity contribution < 1.29 is 14.3 Å². The van der Waals surface area contributed by atoms with E-state index in [-0.39, 0.29) is 19.0 Å². The molecule has 0 unspecified atom stereocenters. The Morgan fingerprint density at radius 3 is 2.62 bits per heavy atom. The minimum absolute atomic E-state index is 0. The van der Waals surface area contributed by atoms with Crippen LogP contribution in [0.5, 0.6) is 11.5 Å². The monoisotopic (exact) mass is 420 g/mol. The van der Waals surface area contributed by atoms with Gasteiger partial charge in [0, 0.05) is 12.6 Å². The molecule has 0 heterocycles. The van der Waals surface area contributed by atoms with Crippen molar-refractivity contribution in [3.63, 3.8) is 0 Å². The summed E-state index contributed by atoms with van der Waals surface area (Å²) in [5, 5.41) is 3.61. The van der Waals surface area contributed by atoms with Crippen molar-refractivity contribution in [1.82, 2.24) is 5.32 Å². The second kappa shape index (κ2) is 10.8. The minimum Gasteiger partial charge on any atom is -0.490 e. The number of nitrogens with one attached hydrogen (secondary N) is 1. The van der Waals surface area contributed by atoms with Crippen LogP contribution in [0.25, 0.3) is 0 Å². The van der Waals surface area contributed by atoms with E-state index in [1.54, 1.807) is 0 Å². The molecule has 2 rings (SSSR count). The van der Waals surface area contributed by atoms with Crippen LogP contribution in [0.3, 0.4) is 0 Å². The fourth-order valence-electron chi connectivity index (χ4n) is 2.84. The fraction of sp³-hybridized carbons (Fsp3) is 0.588. The molecule has 1 amide bonds. The van der Waals surface area contributed by atoms with Gasteiger partial charge in [0.2, 0.25) is 0 Å². The molecule has 0 radical (unpaired) electrons. The number of benzene rings is 1. The van der Waals surface area contributed by atoms with E-state index >= 15 is 0 Å². The zero-order chi connectivity index (χ0) is 16.7. The van der Waals surface area contributed by atoms with Gasteiger partial charge in [-0.1, -0.05) is 19.3 Å². The van der Waals surface area contributed by atoms with Crippen molar-refractivity contribution in [2.45, 2.75) is 51.6 Å². The summed E-state index contributed by atoms with van der Waals surface area (Å²) in [6.07, 6.45) is 6.47. The van der Waals surface area contributed by atoms with Crippen LogP contribution in [-0.4, -0.2) is 25.2 Å². The van der Waals surface area contributed by atoms with Gasteiger partial charge in [-0.2, -0.15) is 0 Å². The Morgan fingerprint density at radius 2 is 2.00 bits per heavy atom. The lowest BCUT2D eigenvalue weighted by atomic mass is 9.95. The molecule has 0 atom stereocenters. The Labute approximate surface area is 158 Å². The third-order valence-electron chi connectivity index (χ3n) is 3.93. The van der Waals surface area contributed by atoms with E-state index in [0.717, 1.165) is 16.6 Å². The number of hydrogen-bond acceptors (Lipinski definition) is 4. The largest absolute Gasteiger partial charge is 0.490 e. The van der Waals surface area contributed by atoms with E-state index in [9.17, 15) is 4.79 Å². The second-order valence-corrected chi connectivity index (χ2v) is 6.66. The normalized spacial score (nSPS) is 14.8. The van der Waals surface area contributed by atoms with Gasteiger partial charge < -0.3 is 20.5 Å². The molecule has 1 fully saturated rings. The lowest BCUT2D eigenvalue weighted by molar-refractivity contribution is -0.119. The summed E-state index contributed by atoms with van der Waals surface area (Å²) in [5.41, 5.74) is 6.27. The smallest absolute Gasteiger partial charge is 0.255 e. The molecule has 0 spiro atoms. The van der Waals surface area contributed by atoms with Crippen LogP contribution >= 0.6 is 28.3 Å². The molecule has 1 aliphatic rings. The van der Waals surface area contributed by atoms with Crippen molar-refractivity contribution in [3.05, 3.63) is 22.2 Å². The molecule has 1 saturated carbocycles. The first-order chi connectivity index (χ1) is 11.1. The number of carbonyl (C=O) groups is 1. The highest BCUT2D eigenvalue weighted by molar-refractivity contribution is 9.10. The van der Waals surface area contributed by atoms with E-state index in [2.05, 4.69) is 21.2 Å². The van der Waals surface area contributed by atoms with Crippen LogP contribution in [0.4, 0.5) is 0 Å². The third kappa shape index (κ3) is 6.49. The number of primary amides is 1. The third-order valence-corrected chi connectivity index (χ3v) is 4.52. The van der Waals surface area contributed by atoms with Gasteiger partial charge in [0.05, 0.1) is 11.1 Å². The zero-order valence-electron chi connectivity index (χ0n) is 14.0. The number of rotatable bonds is 8. The average Bonchev–Trinajstić information content (AvgIpc) is 2.53. The molecule has 24 heavy (non-hydrogen) atoms. The van der Waals surface area contributed by atoms with E-state index < -0.39 is 5.91 Å². The summed E-state index contributed by atoms with van der Waals surface area (Å²) in [5.74, 6) is 0.637. The van der Waals surface area contributed by atoms with Crippen LogP contribution in [0.2, 0.25) is 0 Å². The summed E-state index contributed by atoms with van der Waals surface area (Å²) in [7, 11) is 0.